The monoisotopic (exact) mass is 510 g/mol. The molecular weight excluding hydrogens is 472 g/mol. The fraction of sp³-hybridized carbons (Fsp3) is 0.538. The van der Waals surface area contributed by atoms with Gasteiger partial charge in [-0.05, 0) is 41.8 Å². The maximum Gasteiger partial charge on any atom is 0.126 e. The highest BCUT2D eigenvalue weighted by molar-refractivity contribution is 5.41. The SMILES string of the molecule is CCC(O)(Cc1cc(OC)cc(OC)c1)[C@@H](O)[C@@](O)(Cc1cc(OC)cc(OC)c1)[C@H](O)[C@@H](O)CO. The normalized spacial score (nSPS) is 17.3. The van der Waals surface area contributed by atoms with Crippen molar-refractivity contribution in [3.63, 3.8) is 0 Å². The zero-order chi connectivity index (χ0) is 27.1. The first-order valence-electron chi connectivity index (χ1n) is 11.5. The maximum atomic E-state index is 11.7. The van der Waals surface area contributed by atoms with E-state index in [1.54, 1.807) is 43.3 Å². The van der Waals surface area contributed by atoms with E-state index in [-0.39, 0.29) is 12.8 Å². The van der Waals surface area contributed by atoms with Crippen molar-refractivity contribution in [3.05, 3.63) is 47.5 Å². The zero-order valence-corrected chi connectivity index (χ0v) is 21.3. The van der Waals surface area contributed by atoms with Crippen LogP contribution in [0, 0.1) is 0 Å². The molecule has 202 valence electrons. The van der Waals surface area contributed by atoms with Gasteiger partial charge in [-0.1, -0.05) is 6.92 Å². The van der Waals surface area contributed by atoms with E-state index in [1.165, 1.54) is 28.4 Å². The van der Waals surface area contributed by atoms with Gasteiger partial charge < -0.3 is 49.6 Å². The lowest BCUT2D eigenvalue weighted by molar-refractivity contribution is -0.229. The number of aliphatic hydroxyl groups excluding tert-OH is 4. The molecule has 0 bridgehead atoms. The minimum absolute atomic E-state index is 0.0284. The lowest BCUT2D eigenvalue weighted by Crippen LogP contribution is -2.66. The Balaban J connectivity index is 2.56. The van der Waals surface area contributed by atoms with Crippen LogP contribution in [0.15, 0.2) is 36.4 Å². The molecule has 0 aliphatic carbocycles. The lowest BCUT2D eigenvalue weighted by Gasteiger charge is -2.46. The Morgan fingerprint density at radius 2 is 1.08 bits per heavy atom. The molecule has 0 aliphatic rings. The van der Waals surface area contributed by atoms with Gasteiger partial charge >= 0.3 is 0 Å². The Bertz CT molecular complexity index is 939. The first-order chi connectivity index (χ1) is 17.0. The van der Waals surface area contributed by atoms with E-state index in [9.17, 15) is 30.6 Å². The summed E-state index contributed by atoms with van der Waals surface area (Å²) in [6.45, 7) is 0.736. The van der Waals surface area contributed by atoms with Crippen LogP contribution in [0.25, 0.3) is 0 Å². The summed E-state index contributed by atoms with van der Waals surface area (Å²) in [5.41, 5.74) is -3.53. The minimum atomic E-state index is -2.49. The number of hydrogen-bond donors (Lipinski definition) is 6. The topological polar surface area (TPSA) is 158 Å². The van der Waals surface area contributed by atoms with Crippen molar-refractivity contribution >= 4 is 0 Å². The quantitative estimate of drug-likeness (QED) is 0.211. The van der Waals surface area contributed by atoms with E-state index in [2.05, 4.69) is 0 Å². The molecule has 0 spiro atoms. The summed E-state index contributed by atoms with van der Waals surface area (Å²) in [4.78, 5) is 0. The standard InChI is InChI=1S/C26H38O10/c1-6-25(31,13-16-7-18(33-2)11-19(8-16)34-3)24(30)26(32,23(29)22(28)15-27)14-17-9-20(35-4)12-21(10-17)36-5/h7-12,22-24,27-32H,6,13-15H2,1-5H3/t22-,23+,24+,25?,26+/m0/s1. The molecule has 0 radical (unpaired) electrons. The van der Waals surface area contributed by atoms with Gasteiger partial charge in [0.15, 0.2) is 0 Å². The van der Waals surface area contributed by atoms with Gasteiger partial charge in [0.2, 0.25) is 0 Å². The summed E-state index contributed by atoms with van der Waals surface area (Å²) in [6.07, 6.45) is -6.38. The van der Waals surface area contributed by atoms with Gasteiger partial charge in [-0.25, -0.2) is 0 Å². The maximum absolute atomic E-state index is 11.7. The van der Waals surface area contributed by atoms with Gasteiger partial charge in [-0.15, -0.1) is 0 Å². The molecule has 0 saturated carbocycles. The van der Waals surface area contributed by atoms with Gasteiger partial charge in [0, 0.05) is 25.0 Å². The average Bonchev–Trinajstić information content (AvgIpc) is 2.90. The van der Waals surface area contributed by atoms with Crippen molar-refractivity contribution in [1.29, 1.82) is 0 Å². The Labute approximate surface area is 211 Å². The molecule has 2 rings (SSSR count). The molecule has 0 amide bonds. The van der Waals surface area contributed by atoms with Gasteiger partial charge in [0.25, 0.3) is 0 Å². The van der Waals surface area contributed by atoms with Crippen molar-refractivity contribution in [1.82, 2.24) is 0 Å². The number of rotatable bonds is 14. The summed E-state index contributed by atoms with van der Waals surface area (Å²) in [5, 5.41) is 65.3. The predicted octanol–water partition coefficient (Wildman–Crippen LogP) is 0.453. The predicted molar refractivity (Wildman–Crippen MR) is 132 cm³/mol. The molecule has 5 atom stereocenters. The molecule has 0 heterocycles. The van der Waals surface area contributed by atoms with Gasteiger partial charge in [-0.2, -0.15) is 0 Å². The molecule has 36 heavy (non-hydrogen) atoms. The molecule has 0 aliphatic heterocycles. The Morgan fingerprint density at radius 1 is 0.694 bits per heavy atom. The molecule has 0 saturated heterocycles. The fourth-order valence-electron chi connectivity index (χ4n) is 4.29. The van der Waals surface area contributed by atoms with Crippen LogP contribution in [0.5, 0.6) is 23.0 Å². The van der Waals surface area contributed by atoms with E-state index in [4.69, 9.17) is 18.9 Å². The van der Waals surface area contributed by atoms with Crippen LogP contribution in [0.3, 0.4) is 0 Å². The molecule has 2 aromatic carbocycles. The van der Waals surface area contributed by atoms with E-state index in [0.29, 0.717) is 34.1 Å². The van der Waals surface area contributed by atoms with Crippen LogP contribution in [0.1, 0.15) is 24.5 Å². The first-order valence-corrected chi connectivity index (χ1v) is 11.5. The van der Waals surface area contributed by atoms with Crippen LogP contribution in [-0.2, 0) is 12.8 Å². The minimum Gasteiger partial charge on any atom is -0.497 e. The molecule has 1 unspecified atom stereocenters. The summed E-state index contributed by atoms with van der Waals surface area (Å²) in [5.74, 6) is 1.72. The molecule has 0 fully saturated rings. The smallest absolute Gasteiger partial charge is 0.126 e. The van der Waals surface area contributed by atoms with E-state index < -0.39 is 42.5 Å². The van der Waals surface area contributed by atoms with E-state index >= 15 is 0 Å². The summed E-state index contributed by atoms with van der Waals surface area (Å²) < 4.78 is 21.1. The third-order valence-corrected chi connectivity index (χ3v) is 6.48. The van der Waals surface area contributed by atoms with E-state index in [0.717, 1.165) is 0 Å². The highest BCUT2D eigenvalue weighted by Crippen LogP contribution is 2.36. The highest BCUT2D eigenvalue weighted by atomic mass is 16.5. The second-order valence-electron chi connectivity index (χ2n) is 8.84. The summed E-state index contributed by atoms with van der Waals surface area (Å²) in [6, 6.07) is 9.70. The molecule has 10 nitrogen and oxygen atoms in total. The highest BCUT2D eigenvalue weighted by Gasteiger charge is 2.53. The number of benzene rings is 2. The van der Waals surface area contributed by atoms with Crippen LogP contribution in [0.2, 0.25) is 0 Å². The largest absolute Gasteiger partial charge is 0.497 e. The van der Waals surface area contributed by atoms with Crippen LogP contribution in [-0.4, -0.2) is 95.2 Å². The van der Waals surface area contributed by atoms with Crippen molar-refractivity contribution < 1.29 is 49.6 Å². The second kappa shape index (κ2) is 12.6. The molecule has 10 heteroatoms. The summed E-state index contributed by atoms with van der Waals surface area (Å²) in [7, 11) is 5.85. The first kappa shape index (κ1) is 29.6. The third kappa shape index (κ3) is 6.58. The van der Waals surface area contributed by atoms with Crippen molar-refractivity contribution in [2.45, 2.75) is 55.7 Å². The van der Waals surface area contributed by atoms with Crippen molar-refractivity contribution in [2.75, 3.05) is 35.0 Å². The summed E-state index contributed by atoms with van der Waals surface area (Å²) >= 11 is 0. The second-order valence-corrected chi connectivity index (χ2v) is 8.84. The zero-order valence-electron chi connectivity index (χ0n) is 21.3. The fourth-order valence-corrected chi connectivity index (χ4v) is 4.29. The third-order valence-electron chi connectivity index (χ3n) is 6.48. The van der Waals surface area contributed by atoms with Crippen molar-refractivity contribution in [2.24, 2.45) is 0 Å². The average molecular weight is 511 g/mol. The molecule has 2 aromatic rings. The Kier molecular flexibility index (Phi) is 10.4. The van der Waals surface area contributed by atoms with Crippen LogP contribution < -0.4 is 18.9 Å². The number of ether oxygens (including phenoxy) is 4. The van der Waals surface area contributed by atoms with Gasteiger partial charge in [0.1, 0.15) is 46.9 Å². The molecular formula is C26H38O10. The molecule has 0 aromatic heterocycles. The van der Waals surface area contributed by atoms with Gasteiger partial charge in [-0.3, -0.25) is 0 Å². The number of aliphatic hydroxyl groups is 6. The Morgan fingerprint density at radius 3 is 1.42 bits per heavy atom. The van der Waals surface area contributed by atoms with E-state index in [1.807, 2.05) is 0 Å². The number of methoxy groups -OCH3 is 4. The Hall–Kier alpha value is -2.60. The number of hydrogen-bond acceptors (Lipinski definition) is 10. The van der Waals surface area contributed by atoms with Crippen LogP contribution in [0.4, 0.5) is 0 Å². The van der Waals surface area contributed by atoms with Gasteiger partial charge in [0.05, 0.1) is 40.6 Å². The van der Waals surface area contributed by atoms with Crippen molar-refractivity contribution in [3.8, 4) is 23.0 Å². The molecule has 6 N–H and O–H groups in total. The lowest BCUT2D eigenvalue weighted by atomic mass is 9.72. The van der Waals surface area contributed by atoms with Crippen LogP contribution >= 0.6 is 0 Å².